The average Bonchev–Trinajstić information content (AvgIpc) is 3.85. The molecule has 10 heterocycles. The predicted octanol–water partition coefficient (Wildman–Crippen LogP) is 8.04. The molecule has 10 fully saturated rings. The molecule has 0 amide bonds. The van der Waals surface area contributed by atoms with E-state index in [1.54, 1.807) is 0 Å². The molecule has 0 bridgehead atoms. The number of nitrogens with zero attached hydrogens (tertiary/aromatic N) is 1. The monoisotopic (exact) mass is 529 g/mol. The Bertz CT molecular complexity index is 1750. The summed E-state index contributed by atoms with van der Waals surface area (Å²) in [7, 11) is -2.32. The summed E-state index contributed by atoms with van der Waals surface area (Å²) in [5.41, 5.74) is 4.18. The van der Waals surface area contributed by atoms with E-state index < -0.39 is 14.8 Å². The number of hydrogen-bond donors (Lipinski definition) is 0. The van der Waals surface area contributed by atoms with Crippen molar-refractivity contribution in [3.05, 3.63) is 108 Å². The summed E-state index contributed by atoms with van der Waals surface area (Å²) >= 11 is 0. The third-order valence-electron chi connectivity index (χ3n) is 19.4. The zero-order chi connectivity index (χ0) is 23.1. The summed E-state index contributed by atoms with van der Waals surface area (Å²) in [6.07, 6.45) is 2.57. The number of fused-ring (bicyclic) bond motifs is 10. The van der Waals surface area contributed by atoms with Crippen LogP contribution in [-0.4, -0.2) is 14.5 Å². The maximum absolute atomic E-state index is 7.07. The molecule has 13 rings (SSSR count). The van der Waals surface area contributed by atoms with E-state index in [0.29, 0.717) is 4.31 Å². The van der Waals surface area contributed by atoms with Gasteiger partial charge in [0.15, 0.2) is 0 Å². The van der Waals surface area contributed by atoms with Crippen molar-refractivity contribution in [2.45, 2.75) is 65.8 Å². The molecule has 4 unspecified atom stereocenters. The van der Waals surface area contributed by atoms with Crippen LogP contribution in [-0.2, 0) is 29.2 Å². The summed E-state index contributed by atoms with van der Waals surface area (Å²) in [4.78, 5) is 11.8. The van der Waals surface area contributed by atoms with Gasteiger partial charge in [-0.1, -0.05) is 0 Å². The fraction of sp³-hybridized carbons (Fsp3) is 0.406. The van der Waals surface area contributed by atoms with Crippen LogP contribution in [0.5, 0.6) is 0 Å². The van der Waals surface area contributed by atoms with E-state index in [2.05, 4.69) is 97.2 Å². The van der Waals surface area contributed by atoms with Crippen LogP contribution in [0, 0.1) is 0 Å². The molecular weight excluding hydrogens is 498 g/mol. The Balaban J connectivity index is 0.933. The van der Waals surface area contributed by atoms with Crippen molar-refractivity contribution in [1.82, 2.24) is 0 Å². The van der Waals surface area contributed by atoms with Crippen molar-refractivity contribution in [3.8, 4) is 0 Å². The van der Waals surface area contributed by atoms with Crippen molar-refractivity contribution in [1.29, 1.82) is 0 Å². The first-order chi connectivity index (χ1) is 17.5. The van der Waals surface area contributed by atoms with E-state index in [-0.39, 0.29) is 0 Å². The fourth-order valence-electron chi connectivity index (χ4n) is 20.1. The molecule has 0 N–H and O–H groups in total. The second-order valence-electron chi connectivity index (χ2n) is 16.2. The Kier molecular flexibility index (Phi) is 1.29. The quantitative estimate of drug-likeness (QED) is 0.156. The van der Waals surface area contributed by atoms with Crippen LogP contribution in [0.25, 0.3) is 0 Å². The summed E-state index contributed by atoms with van der Waals surface area (Å²) in [6, 6.07) is 36.2. The number of benzene rings is 3. The van der Waals surface area contributed by atoms with Gasteiger partial charge in [0.05, 0.1) is 0 Å². The normalized spacial score (nSPS) is 62.8. The SMILES string of the molecule is C(=NO[Si](Cc1ccccc1)(Cc1ccccc1)Cc1ccccc1)[C]12[CH]3[CH]4[CH]5[CH]1[Fe]45321678[CH]2[CH]1[CH]6[CH]7[CH]28. The number of oxime groups is 1. The second-order valence-corrected chi connectivity index (χ2v) is 43.4. The molecule has 4 heteroatoms. The van der Waals surface area contributed by atoms with Gasteiger partial charge in [-0.25, -0.2) is 0 Å². The van der Waals surface area contributed by atoms with Crippen LogP contribution >= 0.6 is 0 Å². The Morgan fingerprint density at radius 3 is 1.31 bits per heavy atom. The van der Waals surface area contributed by atoms with Gasteiger partial charge in [-0.05, 0) is 0 Å². The molecule has 10 aliphatic heterocycles. The molecule has 3 aromatic carbocycles. The molecule has 0 aromatic heterocycles. The minimum atomic E-state index is -3.17. The maximum atomic E-state index is 7.07. The fourth-order valence-corrected chi connectivity index (χ4v) is 97.4. The molecule has 3 aromatic rings. The third kappa shape index (κ3) is 0.457. The topological polar surface area (TPSA) is 21.6 Å². The van der Waals surface area contributed by atoms with Crippen LogP contribution in [0.1, 0.15) is 16.7 Å². The zero-order valence-electron chi connectivity index (χ0n) is 20.3. The summed E-state index contributed by atoms with van der Waals surface area (Å²) in [5, 5.41) is 5.20. The van der Waals surface area contributed by atoms with Gasteiger partial charge in [0.2, 0.25) is 0 Å². The van der Waals surface area contributed by atoms with Gasteiger partial charge >= 0.3 is 204 Å². The van der Waals surface area contributed by atoms with E-state index in [1.807, 2.05) is 0 Å². The molecule has 2 nitrogen and oxygen atoms in total. The van der Waals surface area contributed by atoms with Crippen LogP contribution in [0.4, 0.5) is 0 Å². The molecule has 0 aliphatic carbocycles. The molecule has 0 radical (unpaired) electrons. The second kappa shape index (κ2) is 2.67. The van der Waals surface area contributed by atoms with Gasteiger partial charge in [0, 0.05) is 0 Å². The standard InChI is InChI=1S/C27H26NOSi.C5H5.Fe/c1-4-14-25(15-5-1)21-30(22-26-16-6-2-7-17-26,23-27-18-8-3-9-19-27)29-28-20-24-12-10-11-13-24;1-2-4-5-3-1;/h1-20H,21-23H2;1-5H;. The van der Waals surface area contributed by atoms with E-state index in [1.165, 1.54) is 60.0 Å². The van der Waals surface area contributed by atoms with Crippen LogP contribution in [0.2, 0.25) is 47.7 Å². The first-order valence-corrected chi connectivity index (χ1v) is 22.9. The van der Waals surface area contributed by atoms with E-state index in [0.717, 1.165) is 18.1 Å². The first kappa shape index (κ1) is 17.4. The third-order valence-corrected chi connectivity index (χ3v) is 65.5. The summed E-state index contributed by atoms with van der Waals surface area (Å²) < 4.78 is 7.75. The number of hydrogen-bond acceptors (Lipinski definition) is 2. The van der Waals surface area contributed by atoms with Gasteiger partial charge in [-0.2, -0.15) is 0 Å². The zero-order valence-corrected chi connectivity index (χ0v) is 22.4. The van der Waals surface area contributed by atoms with Crippen LogP contribution in [0.3, 0.4) is 0 Å². The average molecular weight is 530 g/mol. The Labute approximate surface area is 203 Å². The van der Waals surface area contributed by atoms with Crippen LogP contribution in [0.15, 0.2) is 96.2 Å². The summed E-state index contributed by atoms with van der Waals surface area (Å²) in [5.74, 6) is 0. The molecule has 1 spiro atoms. The molecular formula is C32H31FeNOSi. The van der Waals surface area contributed by atoms with Crippen molar-refractivity contribution in [3.63, 3.8) is 0 Å². The molecule has 4 atom stereocenters. The van der Waals surface area contributed by atoms with Gasteiger partial charge in [-0.3, -0.25) is 0 Å². The predicted molar refractivity (Wildman–Crippen MR) is 142 cm³/mol. The minimum absolute atomic E-state index is 0.686. The number of rotatable bonds is 9. The van der Waals surface area contributed by atoms with Crippen molar-refractivity contribution in [2.24, 2.45) is 5.16 Å². The van der Waals surface area contributed by atoms with E-state index >= 15 is 0 Å². The van der Waals surface area contributed by atoms with E-state index in [4.69, 9.17) is 9.68 Å². The Hall–Kier alpha value is -2.13. The van der Waals surface area contributed by atoms with Crippen LogP contribution < -0.4 is 0 Å². The van der Waals surface area contributed by atoms with Crippen molar-refractivity contribution in [2.75, 3.05) is 0 Å². The molecule has 182 valence electrons. The molecule has 10 aliphatic rings. The molecule has 10 saturated heterocycles. The van der Waals surface area contributed by atoms with E-state index in [9.17, 15) is 0 Å². The van der Waals surface area contributed by atoms with Gasteiger partial charge < -0.3 is 0 Å². The van der Waals surface area contributed by atoms with Crippen molar-refractivity contribution >= 4 is 14.5 Å². The van der Waals surface area contributed by atoms with Gasteiger partial charge in [-0.15, -0.1) is 0 Å². The van der Waals surface area contributed by atoms with Gasteiger partial charge in [0.25, 0.3) is 0 Å². The molecule has 36 heavy (non-hydrogen) atoms. The Morgan fingerprint density at radius 2 is 1.00 bits per heavy atom. The molecule has 0 saturated carbocycles. The Morgan fingerprint density at radius 1 is 0.611 bits per heavy atom. The van der Waals surface area contributed by atoms with Gasteiger partial charge in [0.1, 0.15) is 0 Å². The summed E-state index contributed by atoms with van der Waals surface area (Å²) in [6.45, 7) is -3.17. The van der Waals surface area contributed by atoms with Crippen molar-refractivity contribution < 1.29 is 11.0 Å². The first-order valence-electron chi connectivity index (χ1n) is 14.0.